The van der Waals surface area contributed by atoms with Gasteiger partial charge in [-0.25, -0.2) is 0 Å². The zero-order chi connectivity index (χ0) is 25.5. The molecule has 0 aliphatic heterocycles. The number of alkyl halides is 3. The van der Waals surface area contributed by atoms with E-state index in [2.05, 4.69) is 10.1 Å². The number of ether oxygens (including phenoxy) is 1. The second-order valence-corrected chi connectivity index (χ2v) is 10.1. The molecule has 0 saturated carbocycles. The standard InChI is InChI=1S/C26H31F3N2O3/c1-16(32)15-31-20-12-11-18(25(5,6)23(33)30-24(2,3)4)13-17(20)14-21(31)19-9-7-8-10-22(19)34-26(27,28)29/h7-14,16,32H,15H2,1-6H3,(H,30,33). The molecular formula is C26H31F3N2O3. The van der Waals surface area contributed by atoms with Gasteiger partial charge in [-0.2, -0.15) is 0 Å². The molecular weight excluding hydrogens is 445 g/mol. The molecule has 0 spiro atoms. The van der Waals surface area contributed by atoms with E-state index in [1.807, 2.05) is 52.8 Å². The van der Waals surface area contributed by atoms with Crippen molar-refractivity contribution in [2.45, 2.75) is 71.5 Å². The van der Waals surface area contributed by atoms with E-state index in [9.17, 15) is 23.1 Å². The maximum atomic E-state index is 13.0. The number of hydrogen-bond acceptors (Lipinski definition) is 3. The minimum atomic E-state index is -4.84. The van der Waals surface area contributed by atoms with Gasteiger partial charge < -0.3 is 19.7 Å². The number of amides is 1. The molecule has 1 heterocycles. The number of nitrogens with zero attached hydrogens (tertiary/aromatic N) is 1. The van der Waals surface area contributed by atoms with Crippen molar-refractivity contribution in [2.75, 3.05) is 0 Å². The Morgan fingerprint density at radius 3 is 2.29 bits per heavy atom. The van der Waals surface area contributed by atoms with Gasteiger partial charge in [0.15, 0.2) is 0 Å². The maximum absolute atomic E-state index is 13.0. The van der Waals surface area contributed by atoms with Crippen molar-refractivity contribution in [1.29, 1.82) is 0 Å². The number of fused-ring (bicyclic) bond motifs is 1. The van der Waals surface area contributed by atoms with Gasteiger partial charge in [0.25, 0.3) is 0 Å². The third kappa shape index (κ3) is 5.73. The highest BCUT2D eigenvalue weighted by Crippen LogP contribution is 2.38. The van der Waals surface area contributed by atoms with Crippen molar-refractivity contribution >= 4 is 16.8 Å². The number of aliphatic hydroxyl groups is 1. The Labute approximate surface area is 197 Å². The predicted molar refractivity (Wildman–Crippen MR) is 127 cm³/mol. The molecule has 1 atom stereocenters. The fourth-order valence-electron chi connectivity index (χ4n) is 3.86. The van der Waals surface area contributed by atoms with E-state index in [-0.39, 0.29) is 23.8 Å². The topological polar surface area (TPSA) is 63.5 Å². The molecule has 34 heavy (non-hydrogen) atoms. The van der Waals surface area contributed by atoms with Crippen LogP contribution in [-0.4, -0.2) is 33.6 Å². The molecule has 1 aromatic heterocycles. The summed E-state index contributed by atoms with van der Waals surface area (Å²) in [4.78, 5) is 13.0. The Morgan fingerprint density at radius 1 is 1.06 bits per heavy atom. The van der Waals surface area contributed by atoms with Crippen LogP contribution in [0.4, 0.5) is 13.2 Å². The fourth-order valence-corrected chi connectivity index (χ4v) is 3.86. The van der Waals surface area contributed by atoms with Crippen LogP contribution >= 0.6 is 0 Å². The average Bonchev–Trinajstić information content (AvgIpc) is 3.02. The molecule has 0 aliphatic carbocycles. The van der Waals surface area contributed by atoms with Crippen LogP contribution < -0.4 is 10.1 Å². The first-order valence-corrected chi connectivity index (χ1v) is 11.1. The first-order chi connectivity index (χ1) is 15.6. The van der Waals surface area contributed by atoms with Crippen LogP contribution in [0.1, 0.15) is 47.1 Å². The lowest BCUT2D eigenvalue weighted by atomic mass is 9.82. The molecule has 184 valence electrons. The second kappa shape index (κ2) is 8.98. The van der Waals surface area contributed by atoms with Crippen LogP contribution in [0.3, 0.4) is 0 Å². The third-order valence-electron chi connectivity index (χ3n) is 5.51. The van der Waals surface area contributed by atoms with Gasteiger partial charge >= 0.3 is 6.36 Å². The number of benzene rings is 2. The largest absolute Gasteiger partial charge is 0.573 e. The highest BCUT2D eigenvalue weighted by Gasteiger charge is 2.34. The normalized spacial score (nSPS) is 13.7. The summed E-state index contributed by atoms with van der Waals surface area (Å²) < 4.78 is 45.1. The van der Waals surface area contributed by atoms with Gasteiger partial charge in [0, 0.05) is 28.6 Å². The number of rotatable bonds is 6. The lowest BCUT2D eigenvalue weighted by Gasteiger charge is -2.30. The number of aliphatic hydroxyl groups excluding tert-OH is 1. The van der Waals surface area contributed by atoms with Gasteiger partial charge in [-0.1, -0.05) is 18.2 Å². The van der Waals surface area contributed by atoms with Crippen molar-refractivity contribution in [3.63, 3.8) is 0 Å². The summed E-state index contributed by atoms with van der Waals surface area (Å²) >= 11 is 0. The van der Waals surface area contributed by atoms with Gasteiger partial charge in [-0.05, 0) is 77.4 Å². The number of halogens is 3. The summed E-state index contributed by atoms with van der Waals surface area (Å²) in [5, 5.41) is 13.8. The molecule has 0 saturated heterocycles. The van der Waals surface area contributed by atoms with Gasteiger partial charge in [0.05, 0.1) is 17.2 Å². The zero-order valence-corrected chi connectivity index (χ0v) is 20.2. The first kappa shape index (κ1) is 25.6. The molecule has 0 fully saturated rings. The van der Waals surface area contributed by atoms with Crippen LogP contribution in [0.15, 0.2) is 48.5 Å². The number of carbonyl (C=O) groups excluding carboxylic acids is 1. The summed E-state index contributed by atoms with van der Waals surface area (Å²) in [6, 6.07) is 13.2. The molecule has 3 rings (SSSR count). The molecule has 0 radical (unpaired) electrons. The second-order valence-electron chi connectivity index (χ2n) is 10.1. The van der Waals surface area contributed by atoms with Gasteiger partial charge in [0.1, 0.15) is 5.75 Å². The quantitative estimate of drug-likeness (QED) is 0.474. The highest BCUT2D eigenvalue weighted by molar-refractivity contribution is 5.92. The molecule has 0 aliphatic rings. The van der Waals surface area contributed by atoms with E-state index in [1.165, 1.54) is 12.1 Å². The van der Waals surface area contributed by atoms with Crippen LogP contribution in [0.2, 0.25) is 0 Å². The molecule has 2 aromatic carbocycles. The molecule has 5 nitrogen and oxygen atoms in total. The van der Waals surface area contributed by atoms with Crippen molar-refractivity contribution in [1.82, 2.24) is 9.88 Å². The summed E-state index contributed by atoms with van der Waals surface area (Å²) in [7, 11) is 0. The van der Waals surface area contributed by atoms with E-state index < -0.39 is 23.4 Å². The molecule has 1 amide bonds. The van der Waals surface area contributed by atoms with Crippen molar-refractivity contribution in [3.05, 3.63) is 54.1 Å². The van der Waals surface area contributed by atoms with Gasteiger partial charge in [-0.3, -0.25) is 4.79 Å². The van der Waals surface area contributed by atoms with Crippen molar-refractivity contribution in [3.8, 4) is 17.0 Å². The van der Waals surface area contributed by atoms with Crippen molar-refractivity contribution < 1.29 is 27.8 Å². The number of carbonyl (C=O) groups is 1. The van der Waals surface area contributed by atoms with Gasteiger partial charge in [0.2, 0.25) is 5.91 Å². The van der Waals surface area contributed by atoms with E-state index in [0.717, 1.165) is 16.5 Å². The smallest absolute Gasteiger partial charge is 0.405 e. The summed E-state index contributed by atoms with van der Waals surface area (Å²) in [5.74, 6) is -0.457. The zero-order valence-electron chi connectivity index (χ0n) is 20.2. The molecule has 3 aromatic rings. The minimum Gasteiger partial charge on any atom is -0.405 e. The number of hydrogen-bond donors (Lipinski definition) is 2. The van der Waals surface area contributed by atoms with Gasteiger partial charge in [-0.15, -0.1) is 13.2 Å². The van der Waals surface area contributed by atoms with Crippen LogP contribution in [0.5, 0.6) is 5.75 Å². The van der Waals surface area contributed by atoms with E-state index in [0.29, 0.717) is 5.69 Å². The van der Waals surface area contributed by atoms with E-state index in [4.69, 9.17) is 0 Å². The Kier molecular flexibility index (Phi) is 6.77. The Balaban J connectivity index is 2.16. The van der Waals surface area contributed by atoms with E-state index >= 15 is 0 Å². The van der Waals surface area contributed by atoms with Crippen LogP contribution in [0, 0.1) is 0 Å². The third-order valence-corrected chi connectivity index (χ3v) is 5.51. The summed E-state index contributed by atoms with van der Waals surface area (Å²) in [5.41, 5.74) is 0.989. The molecule has 2 N–H and O–H groups in total. The first-order valence-electron chi connectivity index (χ1n) is 11.1. The number of para-hydroxylation sites is 1. The fraction of sp³-hybridized carbons (Fsp3) is 0.423. The maximum Gasteiger partial charge on any atom is 0.573 e. The molecule has 1 unspecified atom stereocenters. The predicted octanol–water partition coefficient (Wildman–Crippen LogP) is 5.78. The van der Waals surface area contributed by atoms with Crippen LogP contribution in [0.25, 0.3) is 22.2 Å². The summed E-state index contributed by atoms with van der Waals surface area (Å²) in [6.45, 7) is 11.2. The lowest BCUT2D eigenvalue weighted by molar-refractivity contribution is -0.274. The van der Waals surface area contributed by atoms with E-state index in [1.54, 1.807) is 29.7 Å². The Morgan fingerprint density at radius 2 is 1.71 bits per heavy atom. The van der Waals surface area contributed by atoms with Crippen LogP contribution in [-0.2, 0) is 16.8 Å². The number of aromatic nitrogens is 1. The number of nitrogens with one attached hydrogen (secondary N) is 1. The SMILES string of the molecule is CC(O)Cn1c(-c2ccccc2OC(F)(F)F)cc2cc(C(C)(C)C(=O)NC(C)(C)C)ccc21. The minimum absolute atomic E-state index is 0.132. The molecule has 8 heteroatoms. The molecule has 0 bridgehead atoms. The highest BCUT2D eigenvalue weighted by atomic mass is 19.4. The monoisotopic (exact) mass is 476 g/mol. The average molecular weight is 477 g/mol. The lowest BCUT2D eigenvalue weighted by Crippen LogP contribution is -2.48. The summed E-state index contributed by atoms with van der Waals surface area (Å²) in [6.07, 6.45) is -5.58. The Bertz CT molecular complexity index is 1190. The van der Waals surface area contributed by atoms with Crippen molar-refractivity contribution in [2.24, 2.45) is 0 Å². The Hall–Kier alpha value is -3.00.